The minimum absolute atomic E-state index is 0.0219. The second-order valence-corrected chi connectivity index (χ2v) is 7.31. The Hall–Kier alpha value is -1.14. The van der Waals surface area contributed by atoms with Gasteiger partial charge in [-0.25, -0.2) is 12.8 Å². The quantitative estimate of drug-likeness (QED) is 0.846. The smallest absolute Gasteiger partial charge is 0.243 e. The fourth-order valence-electron chi connectivity index (χ4n) is 2.35. The van der Waals surface area contributed by atoms with Crippen LogP contribution in [0.25, 0.3) is 0 Å². The lowest BCUT2D eigenvalue weighted by Gasteiger charge is -2.18. The number of nitrogens with zero attached hydrogens (tertiary/aromatic N) is 1. The van der Waals surface area contributed by atoms with Crippen molar-refractivity contribution in [3.05, 3.63) is 23.5 Å². The van der Waals surface area contributed by atoms with Gasteiger partial charge >= 0.3 is 0 Å². The van der Waals surface area contributed by atoms with Crippen LogP contribution < -0.4 is 5.73 Å². The molecule has 2 N–H and O–H groups in total. The van der Waals surface area contributed by atoms with E-state index in [9.17, 15) is 12.8 Å². The molecule has 0 bridgehead atoms. The summed E-state index contributed by atoms with van der Waals surface area (Å²) in [5, 5.41) is 0. The van der Waals surface area contributed by atoms with Gasteiger partial charge in [0.2, 0.25) is 10.0 Å². The van der Waals surface area contributed by atoms with Crippen molar-refractivity contribution in [1.82, 2.24) is 4.31 Å². The summed E-state index contributed by atoms with van der Waals surface area (Å²) in [6.45, 7) is 6.45. The summed E-state index contributed by atoms with van der Waals surface area (Å²) in [5.74, 6) is 0.0286. The Morgan fingerprint density at radius 3 is 2.32 bits per heavy atom. The van der Waals surface area contributed by atoms with Crippen LogP contribution in [0.5, 0.6) is 0 Å². The van der Waals surface area contributed by atoms with E-state index < -0.39 is 15.8 Å². The zero-order chi connectivity index (χ0) is 14.4. The lowest BCUT2D eigenvalue weighted by Crippen LogP contribution is -2.29. The third-order valence-corrected chi connectivity index (χ3v) is 5.85. The van der Waals surface area contributed by atoms with Crippen molar-refractivity contribution in [2.24, 2.45) is 11.8 Å². The average Bonchev–Trinajstić information content (AvgIpc) is 2.65. The molecule has 1 fully saturated rings. The molecule has 1 aliphatic rings. The zero-order valence-corrected chi connectivity index (χ0v) is 12.2. The molecule has 6 heteroatoms. The normalized spacial score (nSPS) is 24.8. The lowest BCUT2D eigenvalue weighted by molar-refractivity contribution is 0.462. The van der Waals surface area contributed by atoms with Gasteiger partial charge in [-0.1, -0.05) is 13.8 Å². The van der Waals surface area contributed by atoms with Crippen molar-refractivity contribution < 1.29 is 12.8 Å². The van der Waals surface area contributed by atoms with E-state index >= 15 is 0 Å². The first-order chi connectivity index (χ1) is 8.73. The van der Waals surface area contributed by atoms with E-state index in [1.807, 2.05) is 13.8 Å². The highest BCUT2D eigenvalue weighted by molar-refractivity contribution is 7.89. The summed E-state index contributed by atoms with van der Waals surface area (Å²) in [4.78, 5) is -0.0219. The minimum Gasteiger partial charge on any atom is -0.399 e. The van der Waals surface area contributed by atoms with Crippen molar-refractivity contribution in [3.8, 4) is 0 Å². The standard InChI is InChI=1S/C13H19FN2O2S/c1-8-6-16(7-9(8)2)19(17,18)13-5-11(15)4-12(14)10(13)3/h4-5,8-9H,6-7,15H2,1-3H3. The molecule has 0 spiro atoms. The molecule has 2 unspecified atom stereocenters. The number of anilines is 1. The molecule has 19 heavy (non-hydrogen) atoms. The summed E-state index contributed by atoms with van der Waals surface area (Å²) in [5.41, 5.74) is 5.81. The lowest BCUT2D eigenvalue weighted by atomic mass is 10.0. The minimum atomic E-state index is -3.67. The second kappa shape index (κ2) is 4.76. The van der Waals surface area contributed by atoms with Gasteiger partial charge in [0.05, 0.1) is 4.90 Å². The van der Waals surface area contributed by atoms with Crippen molar-refractivity contribution in [3.63, 3.8) is 0 Å². The number of halogens is 1. The molecular weight excluding hydrogens is 267 g/mol. The highest BCUT2D eigenvalue weighted by atomic mass is 32.2. The summed E-state index contributed by atoms with van der Waals surface area (Å²) in [6.07, 6.45) is 0. The number of nitrogens with two attached hydrogens (primary N) is 1. The van der Waals surface area contributed by atoms with E-state index in [1.165, 1.54) is 17.3 Å². The molecule has 0 aliphatic carbocycles. The summed E-state index contributed by atoms with van der Waals surface area (Å²) in [6, 6.07) is 2.48. The molecule has 1 aliphatic heterocycles. The van der Waals surface area contributed by atoms with Gasteiger partial charge in [0.15, 0.2) is 0 Å². The first-order valence-electron chi connectivity index (χ1n) is 6.29. The van der Waals surface area contributed by atoms with E-state index in [4.69, 9.17) is 5.73 Å². The van der Waals surface area contributed by atoms with Gasteiger partial charge in [0.25, 0.3) is 0 Å². The predicted molar refractivity (Wildman–Crippen MR) is 72.6 cm³/mol. The van der Waals surface area contributed by atoms with Crippen LogP contribution in [0, 0.1) is 24.6 Å². The molecule has 106 valence electrons. The Labute approximate surface area is 113 Å². The van der Waals surface area contributed by atoms with E-state index in [0.29, 0.717) is 24.9 Å². The molecular formula is C13H19FN2O2S. The fraction of sp³-hybridized carbons (Fsp3) is 0.538. The third kappa shape index (κ3) is 2.47. The summed E-state index contributed by atoms with van der Waals surface area (Å²) in [7, 11) is -3.67. The summed E-state index contributed by atoms with van der Waals surface area (Å²) < 4.78 is 40.2. The molecule has 0 amide bonds. The molecule has 1 aromatic rings. The van der Waals surface area contributed by atoms with Crippen LogP contribution in [0.2, 0.25) is 0 Å². The van der Waals surface area contributed by atoms with Crippen molar-refractivity contribution >= 4 is 15.7 Å². The van der Waals surface area contributed by atoms with Gasteiger partial charge in [0, 0.05) is 24.3 Å². The van der Waals surface area contributed by atoms with Crippen LogP contribution in [0.1, 0.15) is 19.4 Å². The number of benzene rings is 1. The number of nitrogen functional groups attached to an aromatic ring is 1. The van der Waals surface area contributed by atoms with Gasteiger partial charge in [-0.2, -0.15) is 4.31 Å². The summed E-state index contributed by atoms with van der Waals surface area (Å²) >= 11 is 0. The Morgan fingerprint density at radius 1 is 1.26 bits per heavy atom. The van der Waals surface area contributed by atoms with Crippen LogP contribution in [-0.4, -0.2) is 25.8 Å². The van der Waals surface area contributed by atoms with Crippen LogP contribution in [-0.2, 0) is 10.0 Å². The maximum atomic E-state index is 13.6. The van der Waals surface area contributed by atoms with Crippen LogP contribution >= 0.6 is 0 Å². The van der Waals surface area contributed by atoms with Crippen LogP contribution in [0.15, 0.2) is 17.0 Å². The first-order valence-corrected chi connectivity index (χ1v) is 7.73. The molecule has 1 heterocycles. The number of hydrogen-bond acceptors (Lipinski definition) is 3. The van der Waals surface area contributed by atoms with E-state index in [1.54, 1.807) is 0 Å². The van der Waals surface area contributed by atoms with Crippen molar-refractivity contribution in [1.29, 1.82) is 0 Å². The Balaban J connectivity index is 2.46. The molecule has 1 aromatic carbocycles. The molecule has 2 atom stereocenters. The first kappa shape index (κ1) is 14.3. The molecule has 2 rings (SSSR count). The Bertz CT molecular complexity index is 591. The molecule has 4 nitrogen and oxygen atoms in total. The molecule has 1 saturated heterocycles. The van der Waals surface area contributed by atoms with E-state index in [-0.39, 0.29) is 16.1 Å². The zero-order valence-electron chi connectivity index (χ0n) is 11.4. The van der Waals surface area contributed by atoms with Gasteiger partial charge < -0.3 is 5.73 Å². The Morgan fingerprint density at radius 2 is 1.79 bits per heavy atom. The second-order valence-electron chi connectivity index (χ2n) is 5.40. The molecule has 0 radical (unpaired) electrons. The SMILES string of the molecule is Cc1c(F)cc(N)cc1S(=O)(=O)N1CC(C)C(C)C1. The van der Waals surface area contributed by atoms with Gasteiger partial charge in [-0.3, -0.25) is 0 Å². The van der Waals surface area contributed by atoms with Crippen molar-refractivity contribution in [2.75, 3.05) is 18.8 Å². The number of hydrogen-bond donors (Lipinski definition) is 1. The van der Waals surface area contributed by atoms with Crippen LogP contribution in [0.3, 0.4) is 0 Å². The molecule has 0 aromatic heterocycles. The molecule has 0 saturated carbocycles. The average molecular weight is 286 g/mol. The van der Waals surface area contributed by atoms with Crippen molar-refractivity contribution in [2.45, 2.75) is 25.7 Å². The monoisotopic (exact) mass is 286 g/mol. The topological polar surface area (TPSA) is 63.4 Å². The maximum absolute atomic E-state index is 13.6. The largest absolute Gasteiger partial charge is 0.399 e. The van der Waals surface area contributed by atoms with Gasteiger partial charge in [-0.15, -0.1) is 0 Å². The van der Waals surface area contributed by atoms with E-state index in [0.717, 1.165) is 6.07 Å². The number of sulfonamides is 1. The highest BCUT2D eigenvalue weighted by Gasteiger charge is 2.36. The van der Waals surface area contributed by atoms with Crippen LogP contribution in [0.4, 0.5) is 10.1 Å². The number of rotatable bonds is 2. The van der Waals surface area contributed by atoms with Gasteiger partial charge in [0.1, 0.15) is 5.82 Å². The fourth-order valence-corrected chi connectivity index (χ4v) is 4.26. The Kier molecular flexibility index (Phi) is 3.57. The predicted octanol–water partition coefficient (Wildman–Crippen LogP) is 1.99. The van der Waals surface area contributed by atoms with Gasteiger partial charge in [-0.05, 0) is 30.9 Å². The van der Waals surface area contributed by atoms with E-state index in [2.05, 4.69) is 0 Å². The third-order valence-electron chi connectivity index (χ3n) is 3.89. The maximum Gasteiger partial charge on any atom is 0.243 e. The highest BCUT2D eigenvalue weighted by Crippen LogP contribution is 2.31.